The monoisotopic (exact) mass is 463 g/mol. The highest BCUT2D eigenvalue weighted by Crippen LogP contribution is 2.41. The Morgan fingerprint density at radius 2 is 2.23 bits per heavy atom. The molecule has 2 N–H and O–H groups in total. The van der Waals surface area contributed by atoms with Crippen molar-refractivity contribution in [2.24, 2.45) is 0 Å². The van der Waals surface area contributed by atoms with Gasteiger partial charge in [0.25, 0.3) is 0 Å². The zero-order chi connectivity index (χ0) is 22.1. The first-order chi connectivity index (χ1) is 14.9. The molecule has 1 atom stereocenters. The van der Waals surface area contributed by atoms with Gasteiger partial charge in [0.2, 0.25) is 5.75 Å². The number of carbonyl (C=O) groups is 1. The van der Waals surface area contributed by atoms with Gasteiger partial charge in [-0.2, -0.15) is 0 Å². The van der Waals surface area contributed by atoms with Gasteiger partial charge in [0.1, 0.15) is 18.2 Å². The number of rotatable bonds is 6. The summed E-state index contributed by atoms with van der Waals surface area (Å²) in [5.41, 5.74) is 8.82. The summed E-state index contributed by atoms with van der Waals surface area (Å²) >= 11 is 12.3. The van der Waals surface area contributed by atoms with Crippen LogP contribution in [0.25, 0.3) is 16.5 Å². The normalized spacial score (nSPS) is 15.7. The number of aldehydes is 1. The highest BCUT2D eigenvalue weighted by Gasteiger charge is 2.24. The molecular formula is C22H20Cl2FN3O3. The number of hydrogen-bond acceptors (Lipinski definition) is 6. The Kier molecular flexibility index (Phi) is 6.18. The van der Waals surface area contributed by atoms with E-state index in [1.807, 2.05) is 0 Å². The van der Waals surface area contributed by atoms with Crippen LogP contribution in [-0.4, -0.2) is 35.8 Å². The van der Waals surface area contributed by atoms with Crippen LogP contribution in [-0.2, 0) is 4.79 Å². The third kappa shape index (κ3) is 4.13. The predicted molar refractivity (Wildman–Crippen MR) is 119 cm³/mol. The summed E-state index contributed by atoms with van der Waals surface area (Å²) in [6, 6.07) is 2.62. The lowest BCUT2D eigenvalue weighted by Crippen LogP contribution is -2.30. The van der Waals surface area contributed by atoms with Crippen LogP contribution in [0.5, 0.6) is 5.75 Å². The molecule has 0 aliphatic carbocycles. The fraction of sp³-hybridized carbons (Fsp3) is 0.273. The second-order valence-electron chi connectivity index (χ2n) is 7.29. The van der Waals surface area contributed by atoms with Gasteiger partial charge in [-0.1, -0.05) is 29.3 Å². The number of anilines is 1. The molecule has 1 aromatic carbocycles. The molecule has 31 heavy (non-hydrogen) atoms. The van der Waals surface area contributed by atoms with Crippen molar-refractivity contribution >= 4 is 51.8 Å². The zero-order valence-electron chi connectivity index (χ0n) is 16.7. The van der Waals surface area contributed by atoms with E-state index in [-0.39, 0.29) is 21.6 Å². The lowest BCUT2D eigenvalue weighted by Gasteiger charge is -2.23. The van der Waals surface area contributed by atoms with Crippen LogP contribution in [0.4, 0.5) is 10.2 Å². The molecule has 0 radical (unpaired) electrons. The molecular weight excluding hydrogens is 444 g/mol. The summed E-state index contributed by atoms with van der Waals surface area (Å²) in [4.78, 5) is 17.0. The Bertz CT molecular complexity index is 1180. The molecule has 0 amide bonds. The number of fused-ring (bicyclic) bond motifs is 1. The van der Waals surface area contributed by atoms with Crippen molar-refractivity contribution in [1.29, 1.82) is 0 Å². The van der Waals surface area contributed by atoms with Gasteiger partial charge in [0.05, 0.1) is 23.2 Å². The fourth-order valence-electron chi connectivity index (χ4n) is 3.72. The quantitative estimate of drug-likeness (QED) is 0.395. The molecule has 9 heteroatoms. The molecule has 0 saturated carbocycles. The van der Waals surface area contributed by atoms with Gasteiger partial charge in [0, 0.05) is 35.4 Å². The largest absolute Gasteiger partial charge is 0.478 e. The van der Waals surface area contributed by atoms with Crippen molar-refractivity contribution < 1.29 is 18.3 Å². The van der Waals surface area contributed by atoms with Gasteiger partial charge in [-0.25, -0.2) is 9.37 Å². The summed E-state index contributed by atoms with van der Waals surface area (Å²) in [6.45, 7) is 3.56. The smallest absolute Gasteiger partial charge is 0.205 e. The average Bonchev–Trinajstić information content (AvgIpc) is 3.18. The van der Waals surface area contributed by atoms with Gasteiger partial charge in [-0.05, 0) is 31.1 Å². The van der Waals surface area contributed by atoms with Gasteiger partial charge >= 0.3 is 0 Å². The molecule has 3 heterocycles. The summed E-state index contributed by atoms with van der Waals surface area (Å²) in [5, 5.41) is 0.930. The van der Waals surface area contributed by atoms with Crippen LogP contribution in [0.1, 0.15) is 30.6 Å². The maximum absolute atomic E-state index is 13.9. The summed E-state index contributed by atoms with van der Waals surface area (Å²) in [6.07, 6.45) is 6.33. The molecule has 1 aliphatic heterocycles. The van der Waals surface area contributed by atoms with Crippen LogP contribution >= 0.6 is 23.2 Å². The first-order valence-corrected chi connectivity index (χ1v) is 10.5. The number of carbonyl (C=O) groups excluding carboxylic acids is 1. The minimum absolute atomic E-state index is 0.105. The highest BCUT2D eigenvalue weighted by molar-refractivity contribution is 6.36. The Morgan fingerprint density at radius 1 is 1.42 bits per heavy atom. The van der Waals surface area contributed by atoms with E-state index in [1.165, 1.54) is 12.1 Å². The Balaban J connectivity index is 1.68. The minimum Gasteiger partial charge on any atom is -0.478 e. The second-order valence-corrected chi connectivity index (χ2v) is 8.07. The fourth-order valence-corrected chi connectivity index (χ4v) is 4.40. The van der Waals surface area contributed by atoms with Gasteiger partial charge in [-0.15, -0.1) is 0 Å². The molecule has 3 aromatic rings. The number of pyridine rings is 1. The van der Waals surface area contributed by atoms with Crippen LogP contribution in [0.3, 0.4) is 0 Å². The van der Waals surface area contributed by atoms with E-state index in [0.717, 1.165) is 35.8 Å². The number of nitrogens with zero attached hydrogens (tertiary/aromatic N) is 2. The molecule has 6 nitrogen and oxygen atoms in total. The first kappa shape index (κ1) is 21.6. The number of nitrogens with two attached hydrogens (primary N) is 1. The number of furan rings is 1. The molecule has 4 rings (SSSR count). The van der Waals surface area contributed by atoms with Crippen LogP contribution in [0.2, 0.25) is 10.0 Å². The number of nitrogen functional groups attached to an aromatic ring is 1. The standard InChI is InChI=1S/C22H20Cl2FN3O3/c1-12(18-16(23)2-3-17(25)19(18)24)31-21-20-14(10-27-22(21)26)15(11-30-20)13-4-6-28(7-5-13)8-9-29/h2-4,9-12H,5-8H2,1H3,(H2,26,27)/t12-/m1/s1. The van der Waals surface area contributed by atoms with E-state index in [2.05, 4.69) is 16.0 Å². The molecule has 162 valence electrons. The third-order valence-corrected chi connectivity index (χ3v) is 6.07. The van der Waals surface area contributed by atoms with Crippen molar-refractivity contribution in [3.8, 4) is 5.75 Å². The van der Waals surface area contributed by atoms with E-state index < -0.39 is 11.9 Å². The van der Waals surface area contributed by atoms with E-state index in [4.69, 9.17) is 38.1 Å². The molecule has 0 bridgehead atoms. The second kappa shape index (κ2) is 8.86. The van der Waals surface area contributed by atoms with E-state index in [1.54, 1.807) is 19.4 Å². The van der Waals surface area contributed by atoms with Gasteiger partial charge in [0.15, 0.2) is 11.4 Å². The van der Waals surface area contributed by atoms with Crippen molar-refractivity contribution in [2.45, 2.75) is 19.4 Å². The molecule has 0 saturated heterocycles. The number of halogens is 3. The predicted octanol–water partition coefficient (Wildman–Crippen LogP) is 5.28. The van der Waals surface area contributed by atoms with Crippen LogP contribution in [0.15, 0.2) is 35.1 Å². The van der Waals surface area contributed by atoms with E-state index in [9.17, 15) is 9.18 Å². The molecule has 1 aliphatic rings. The summed E-state index contributed by atoms with van der Waals surface area (Å²) in [7, 11) is 0. The highest BCUT2D eigenvalue weighted by atomic mass is 35.5. The Hall–Kier alpha value is -2.61. The van der Waals surface area contributed by atoms with Crippen molar-refractivity contribution in [3.63, 3.8) is 0 Å². The summed E-state index contributed by atoms with van der Waals surface area (Å²) < 4.78 is 25.8. The van der Waals surface area contributed by atoms with Crippen LogP contribution < -0.4 is 10.5 Å². The van der Waals surface area contributed by atoms with E-state index >= 15 is 0 Å². The maximum atomic E-state index is 13.9. The lowest BCUT2D eigenvalue weighted by molar-refractivity contribution is -0.108. The SMILES string of the molecule is C[C@@H](Oc1c(N)ncc2c(C3=CCN(CC=O)CC3)coc12)c1c(Cl)ccc(F)c1Cl. The van der Waals surface area contributed by atoms with Crippen LogP contribution in [0, 0.1) is 5.82 Å². The number of hydrogen-bond donors (Lipinski definition) is 1. The number of aromatic nitrogens is 1. The molecule has 0 unspecified atom stereocenters. The Morgan fingerprint density at radius 3 is 2.94 bits per heavy atom. The Labute approximate surface area is 188 Å². The number of benzene rings is 1. The van der Waals surface area contributed by atoms with Gasteiger partial charge < -0.3 is 19.7 Å². The molecule has 0 spiro atoms. The number of ether oxygens (including phenoxy) is 1. The average molecular weight is 464 g/mol. The topological polar surface area (TPSA) is 81.6 Å². The van der Waals surface area contributed by atoms with Crippen molar-refractivity contribution in [2.75, 3.05) is 25.4 Å². The van der Waals surface area contributed by atoms with Gasteiger partial charge in [-0.3, -0.25) is 4.90 Å². The molecule has 2 aromatic heterocycles. The van der Waals surface area contributed by atoms with E-state index in [0.29, 0.717) is 24.2 Å². The maximum Gasteiger partial charge on any atom is 0.205 e. The minimum atomic E-state index is -0.704. The zero-order valence-corrected chi connectivity index (χ0v) is 18.2. The lowest BCUT2D eigenvalue weighted by atomic mass is 9.99. The first-order valence-electron chi connectivity index (χ1n) is 9.71. The molecule has 0 fully saturated rings. The third-order valence-electron chi connectivity index (χ3n) is 5.35. The van der Waals surface area contributed by atoms with Crippen molar-refractivity contribution in [1.82, 2.24) is 9.88 Å². The summed E-state index contributed by atoms with van der Waals surface area (Å²) in [5.74, 6) is -0.209. The van der Waals surface area contributed by atoms with Crippen molar-refractivity contribution in [3.05, 3.63) is 57.7 Å².